The highest BCUT2D eigenvalue weighted by Crippen LogP contribution is 2.18. The molecule has 3 nitrogen and oxygen atoms in total. The smallest absolute Gasteiger partial charge is 0.0543 e. The van der Waals surface area contributed by atoms with E-state index in [0.717, 1.165) is 19.1 Å². The van der Waals surface area contributed by atoms with Gasteiger partial charge in [0.2, 0.25) is 0 Å². The van der Waals surface area contributed by atoms with E-state index in [4.69, 9.17) is 0 Å². The first-order chi connectivity index (χ1) is 9.88. The fourth-order valence-electron chi connectivity index (χ4n) is 2.48. The van der Waals surface area contributed by atoms with E-state index in [1.165, 1.54) is 57.3 Å². The Morgan fingerprint density at radius 3 is 2.75 bits per heavy atom. The predicted octanol–water partition coefficient (Wildman–Crippen LogP) is 3.22. The molecule has 0 unspecified atom stereocenters. The lowest BCUT2D eigenvalue weighted by atomic mass is 10.2. The van der Waals surface area contributed by atoms with Crippen molar-refractivity contribution in [1.29, 1.82) is 0 Å². The lowest BCUT2D eigenvalue weighted by Gasteiger charge is -2.19. The van der Waals surface area contributed by atoms with Gasteiger partial charge in [0.05, 0.1) is 5.69 Å². The van der Waals surface area contributed by atoms with E-state index in [2.05, 4.69) is 34.3 Å². The van der Waals surface area contributed by atoms with Crippen LogP contribution in [0.1, 0.15) is 51.1 Å². The van der Waals surface area contributed by atoms with Gasteiger partial charge in [-0.3, -0.25) is 9.88 Å². The van der Waals surface area contributed by atoms with Gasteiger partial charge in [-0.15, -0.1) is 0 Å². The molecule has 112 valence electrons. The first-order valence-corrected chi connectivity index (χ1v) is 8.24. The molecular weight excluding hydrogens is 246 g/mol. The zero-order valence-corrected chi connectivity index (χ0v) is 12.9. The minimum absolute atomic E-state index is 0.865. The van der Waals surface area contributed by atoms with E-state index < -0.39 is 0 Å². The van der Waals surface area contributed by atoms with Crippen molar-refractivity contribution in [2.24, 2.45) is 0 Å². The van der Waals surface area contributed by atoms with Gasteiger partial charge in [-0.1, -0.05) is 25.8 Å². The maximum Gasteiger partial charge on any atom is 0.0543 e. The second-order valence-electron chi connectivity index (χ2n) is 5.83. The van der Waals surface area contributed by atoms with Crippen LogP contribution >= 0.6 is 0 Å². The highest BCUT2D eigenvalue weighted by atomic mass is 15.1. The van der Waals surface area contributed by atoms with Crippen LogP contribution in [0.3, 0.4) is 0 Å². The highest BCUT2D eigenvalue weighted by molar-refractivity contribution is 5.03. The Morgan fingerprint density at radius 2 is 2.05 bits per heavy atom. The second kappa shape index (κ2) is 9.09. The van der Waals surface area contributed by atoms with Crippen molar-refractivity contribution in [3.8, 4) is 0 Å². The molecule has 0 spiro atoms. The third kappa shape index (κ3) is 6.49. The van der Waals surface area contributed by atoms with E-state index in [1.807, 2.05) is 12.3 Å². The predicted molar refractivity (Wildman–Crippen MR) is 84.7 cm³/mol. The highest BCUT2D eigenvalue weighted by Gasteiger charge is 2.19. The molecule has 1 saturated carbocycles. The van der Waals surface area contributed by atoms with Crippen molar-refractivity contribution < 1.29 is 0 Å². The fraction of sp³-hybridized carbons (Fsp3) is 0.706. The average molecular weight is 275 g/mol. The van der Waals surface area contributed by atoms with Crippen LogP contribution < -0.4 is 5.32 Å². The van der Waals surface area contributed by atoms with Crippen LogP contribution in [0.25, 0.3) is 0 Å². The van der Waals surface area contributed by atoms with Crippen molar-refractivity contribution in [3.63, 3.8) is 0 Å². The summed E-state index contributed by atoms with van der Waals surface area (Å²) < 4.78 is 0. The maximum atomic E-state index is 4.41. The monoisotopic (exact) mass is 275 g/mol. The quantitative estimate of drug-likeness (QED) is 0.629. The van der Waals surface area contributed by atoms with Crippen LogP contribution in [-0.4, -0.2) is 35.6 Å². The average Bonchev–Trinajstić information content (AvgIpc) is 3.30. The van der Waals surface area contributed by atoms with E-state index in [0.29, 0.717) is 0 Å². The molecule has 0 saturated heterocycles. The normalized spacial score (nSPS) is 14.9. The van der Waals surface area contributed by atoms with E-state index >= 15 is 0 Å². The van der Waals surface area contributed by atoms with Crippen molar-refractivity contribution in [2.45, 2.75) is 58.0 Å². The van der Waals surface area contributed by atoms with Crippen molar-refractivity contribution in [3.05, 3.63) is 30.1 Å². The molecule has 1 fully saturated rings. The van der Waals surface area contributed by atoms with E-state index in [-0.39, 0.29) is 0 Å². The molecule has 0 radical (unpaired) electrons. The van der Waals surface area contributed by atoms with E-state index in [9.17, 15) is 0 Å². The van der Waals surface area contributed by atoms with Gasteiger partial charge >= 0.3 is 0 Å². The molecule has 1 N–H and O–H groups in total. The zero-order valence-electron chi connectivity index (χ0n) is 12.9. The summed E-state index contributed by atoms with van der Waals surface area (Å²) in [7, 11) is 0. The first kappa shape index (κ1) is 15.5. The minimum atomic E-state index is 0.865. The SMILES string of the molecule is CCN(CCCCCCNC1CC1)Cc1ccccn1. The molecule has 1 aromatic rings. The second-order valence-corrected chi connectivity index (χ2v) is 5.83. The Kier molecular flexibility index (Phi) is 7.02. The summed E-state index contributed by atoms with van der Waals surface area (Å²) in [5.74, 6) is 0. The van der Waals surface area contributed by atoms with Gasteiger partial charge in [-0.2, -0.15) is 0 Å². The summed E-state index contributed by atoms with van der Waals surface area (Å²) in [6.45, 7) is 6.75. The lowest BCUT2D eigenvalue weighted by molar-refractivity contribution is 0.269. The molecule has 1 aromatic heterocycles. The van der Waals surface area contributed by atoms with Crippen LogP contribution in [0, 0.1) is 0 Å². The van der Waals surface area contributed by atoms with Gasteiger partial charge in [0.25, 0.3) is 0 Å². The lowest BCUT2D eigenvalue weighted by Crippen LogP contribution is -2.24. The Bertz CT molecular complexity index is 349. The molecule has 20 heavy (non-hydrogen) atoms. The Balaban J connectivity index is 1.49. The Hall–Kier alpha value is -0.930. The van der Waals surface area contributed by atoms with E-state index in [1.54, 1.807) is 0 Å². The Labute approximate surface area is 123 Å². The Morgan fingerprint density at radius 1 is 1.20 bits per heavy atom. The van der Waals surface area contributed by atoms with Crippen molar-refractivity contribution in [1.82, 2.24) is 15.2 Å². The number of nitrogens with one attached hydrogen (secondary N) is 1. The molecule has 0 aromatic carbocycles. The molecular formula is C17H29N3. The van der Waals surface area contributed by atoms with Crippen molar-refractivity contribution >= 4 is 0 Å². The molecule has 1 aliphatic carbocycles. The molecule has 2 rings (SSSR count). The number of unbranched alkanes of at least 4 members (excludes halogenated alkanes) is 3. The van der Waals surface area contributed by atoms with Gasteiger partial charge in [0.15, 0.2) is 0 Å². The number of hydrogen-bond donors (Lipinski definition) is 1. The van der Waals surface area contributed by atoms with Gasteiger partial charge in [0.1, 0.15) is 0 Å². The molecule has 1 heterocycles. The number of hydrogen-bond acceptors (Lipinski definition) is 3. The third-order valence-corrected chi connectivity index (χ3v) is 3.97. The third-order valence-electron chi connectivity index (χ3n) is 3.97. The maximum absolute atomic E-state index is 4.41. The van der Waals surface area contributed by atoms with Crippen LogP contribution in [0.4, 0.5) is 0 Å². The first-order valence-electron chi connectivity index (χ1n) is 8.24. The van der Waals surface area contributed by atoms with Gasteiger partial charge in [-0.05, 0) is 57.5 Å². The standard InChI is InChI=1S/C17H29N3/c1-2-20(15-17-9-5-7-13-19-17)14-8-4-3-6-12-18-16-10-11-16/h5,7,9,13,16,18H,2-4,6,8,10-12,14-15H2,1H3. The molecule has 1 aliphatic rings. The van der Waals surface area contributed by atoms with Gasteiger partial charge in [0, 0.05) is 18.8 Å². The minimum Gasteiger partial charge on any atom is -0.314 e. The van der Waals surface area contributed by atoms with Gasteiger partial charge < -0.3 is 5.32 Å². The van der Waals surface area contributed by atoms with Crippen LogP contribution in [0.15, 0.2) is 24.4 Å². The fourth-order valence-corrected chi connectivity index (χ4v) is 2.48. The zero-order chi connectivity index (χ0) is 14.0. The number of nitrogens with zero attached hydrogens (tertiary/aromatic N) is 2. The van der Waals surface area contributed by atoms with Crippen LogP contribution in [0.5, 0.6) is 0 Å². The summed E-state index contributed by atoms with van der Waals surface area (Å²) in [6, 6.07) is 7.04. The van der Waals surface area contributed by atoms with Gasteiger partial charge in [-0.25, -0.2) is 0 Å². The number of rotatable bonds is 11. The number of pyridine rings is 1. The van der Waals surface area contributed by atoms with Crippen LogP contribution in [-0.2, 0) is 6.54 Å². The summed E-state index contributed by atoms with van der Waals surface area (Å²) in [5, 5.41) is 3.58. The molecule has 0 bridgehead atoms. The summed E-state index contributed by atoms with van der Waals surface area (Å²) in [6.07, 6.45) is 10.0. The molecule has 0 atom stereocenters. The summed E-state index contributed by atoms with van der Waals surface area (Å²) in [5.41, 5.74) is 1.18. The number of aromatic nitrogens is 1. The topological polar surface area (TPSA) is 28.2 Å². The molecule has 0 amide bonds. The summed E-state index contributed by atoms with van der Waals surface area (Å²) >= 11 is 0. The van der Waals surface area contributed by atoms with Crippen molar-refractivity contribution in [2.75, 3.05) is 19.6 Å². The molecule has 0 aliphatic heterocycles. The molecule has 3 heteroatoms. The van der Waals surface area contributed by atoms with Crippen LogP contribution in [0.2, 0.25) is 0 Å². The largest absolute Gasteiger partial charge is 0.314 e. The summed E-state index contributed by atoms with van der Waals surface area (Å²) in [4.78, 5) is 6.90.